The van der Waals surface area contributed by atoms with E-state index in [1.165, 1.54) is 16.7 Å². The number of anilines is 1. The van der Waals surface area contributed by atoms with Gasteiger partial charge in [-0.2, -0.15) is 0 Å². The van der Waals surface area contributed by atoms with Gasteiger partial charge >= 0.3 is 0 Å². The first-order chi connectivity index (χ1) is 14.5. The average Bonchev–Trinajstić information content (AvgIpc) is 3.14. The number of hydrogen-bond acceptors (Lipinski definition) is 6. The number of nitrogens with zero attached hydrogens (tertiary/aromatic N) is 2. The standard InChI is InChI=1S/C21H24N4O4S/c1-4-29-16-8-9-17-18(11-16)24-21(23-17)30-13-20(27)25(2)12-19(26)22-14-6-5-7-15(10-14)28-3/h5-11H,4,12-13H2,1-3H3,(H,22,26)(H,23,24). The van der Waals surface area contributed by atoms with Crippen LogP contribution in [0.25, 0.3) is 11.0 Å². The summed E-state index contributed by atoms with van der Waals surface area (Å²) in [4.78, 5) is 33.7. The van der Waals surface area contributed by atoms with Crippen LogP contribution in [-0.2, 0) is 9.59 Å². The first-order valence-electron chi connectivity index (χ1n) is 9.41. The Morgan fingerprint density at radius 1 is 1.20 bits per heavy atom. The maximum absolute atomic E-state index is 12.4. The number of carbonyl (C=O) groups is 2. The molecular formula is C21H24N4O4S. The summed E-state index contributed by atoms with van der Waals surface area (Å²) in [6.07, 6.45) is 0. The second kappa shape index (κ2) is 10.0. The van der Waals surface area contributed by atoms with Crippen molar-refractivity contribution in [3.63, 3.8) is 0 Å². The molecule has 0 saturated heterocycles. The Morgan fingerprint density at radius 2 is 2.03 bits per heavy atom. The van der Waals surface area contributed by atoms with Crippen molar-refractivity contribution in [2.45, 2.75) is 12.1 Å². The first-order valence-corrected chi connectivity index (χ1v) is 10.4. The quantitative estimate of drug-likeness (QED) is 0.508. The van der Waals surface area contributed by atoms with Gasteiger partial charge in [0.15, 0.2) is 5.16 Å². The Hall–Kier alpha value is -3.20. The van der Waals surface area contributed by atoms with Crippen molar-refractivity contribution in [3.05, 3.63) is 42.5 Å². The molecule has 158 valence electrons. The van der Waals surface area contributed by atoms with E-state index in [2.05, 4.69) is 15.3 Å². The van der Waals surface area contributed by atoms with Crippen LogP contribution in [0.4, 0.5) is 5.69 Å². The van der Waals surface area contributed by atoms with E-state index in [9.17, 15) is 9.59 Å². The lowest BCUT2D eigenvalue weighted by molar-refractivity contribution is -0.131. The van der Waals surface area contributed by atoms with Crippen LogP contribution in [0.1, 0.15) is 6.92 Å². The Morgan fingerprint density at radius 3 is 2.80 bits per heavy atom. The van der Waals surface area contributed by atoms with E-state index in [1.807, 2.05) is 25.1 Å². The zero-order valence-corrected chi connectivity index (χ0v) is 17.9. The summed E-state index contributed by atoms with van der Waals surface area (Å²) in [5.41, 5.74) is 2.27. The Balaban J connectivity index is 1.51. The topological polar surface area (TPSA) is 96.6 Å². The molecule has 0 radical (unpaired) electrons. The van der Waals surface area contributed by atoms with Crippen LogP contribution in [-0.4, -0.2) is 59.7 Å². The van der Waals surface area contributed by atoms with Gasteiger partial charge in [-0.25, -0.2) is 4.98 Å². The third-order valence-electron chi connectivity index (χ3n) is 4.24. The van der Waals surface area contributed by atoms with E-state index in [0.29, 0.717) is 23.2 Å². The zero-order valence-electron chi connectivity index (χ0n) is 17.1. The molecule has 0 atom stereocenters. The predicted octanol–water partition coefficient (Wildman–Crippen LogP) is 3.16. The van der Waals surface area contributed by atoms with Crippen molar-refractivity contribution >= 4 is 40.3 Å². The highest BCUT2D eigenvalue weighted by Gasteiger charge is 2.15. The first kappa shape index (κ1) is 21.5. The van der Waals surface area contributed by atoms with E-state index in [0.717, 1.165) is 16.8 Å². The highest BCUT2D eigenvalue weighted by Crippen LogP contribution is 2.23. The number of benzene rings is 2. The van der Waals surface area contributed by atoms with Gasteiger partial charge in [-0.3, -0.25) is 9.59 Å². The monoisotopic (exact) mass is 428 g/mol. The fourth-order valence-corrected chi connectivity index (χ4v) is 3.56. The number of carbonyl (C=O) groups excluding carboxylic acids is 2. The van der Waals surface area contributed by atoms with Crippen LogP contribution in [0.2, 0.25) is 0 Å². The van der Waals surface area contributed by atoms with Crippen molar-refractivity contribution in [1.82, 2.24) is 14.9 Å². The van der Waals surface area contributed by atoms with E-state index >= 15 is 0 Å². The lowest BCUT2D eigenvalue weighted by atomic mass is 10.3. The van der Waals surface area contributed by atoms with Crippen molar-refractivity contribution in [3.8, 4) is 11.5 Å². The molecule has 1 heterocycles. The second-order valence-electron chi connectivity index (χ2n) is 6.47. The van der Waals surface area contributed by atoms with Crippen LogP contribution >= 0.6 is 11.8 Å². The summed E-state index contributed by atoms with van der Waals surface area (Å²) in [6, 6.07) is 12.7. The number of ether oxygens (including phenoxy) is 2. The number of fused-ring (bicyclic) bond motifs is 1. The van der Waals surface area contributed by atoms with E-state index in [-0.39, 0.29) is 24.1 Å². The number of thioether (sulfide) groups is 1. The molecule has 0 bridgehead atoms. The molecule has 0 fully saturated rings. The van der Waals surface area contributed by atoms with Crippen molar-refractivity contribution in [2.24, 2.45) is 0 Å². The molecule has 30 heavy (non-hydrogen) atoms. The molecular weight excluding hydrogens is 404 g/mol. The van der Waals surface area contributed by atoms with Crippen LogP contribution < -0.4 is 14.8 Å². The minimum absolute atomic E-state index is 0.0472. The van der Waals surface area contributed by atoms with Gasteiger partial charge < -0.3 is 24.7 Å². The number of imidazole rings is 1. The highest BCUT2D eigenvalue weighted by molar-refractivity contribution is 7.99. The largest absolute Gasteiger partial charge is 0.497 e. The lowest BCUT2D eigenvalue weighted by Gasteiger charge is -2.16. The maximum Gasteiger partial charge on any atom is 0.243 e. The van der Waals surface area contributed by atoms with Crippen molar-refractivity contribution in [2.75, 3.05) is 38.4 Å². The molecule has 0 spiro atoms. The van der Waals surface area contributed by atoms with Gasteiger partial charge in [0.1, 0.15) is 11.5 Å². The fourth-order valence-electron chi connectivity index (χ4n) is 2.74. The summed E-state index contributed by atoms with van der Waals surface area (Å²) in [5, 5.41) is 3.40. The SMILES string of the molecule is CCOc1ccc2nc(SCC(=O)N(C)CC(=O)Nc3cccc(OC)c3)[nH]c2c1. The van der Waals surface area contributed by atoms with Gasteiger partial charge in [-0.1, -0.05) is 17.8 Å². The molecule has 3 aromatic rings. The average molecular weight is 429 g/mol. The van der Waals surface area contributed by atoms with E-state index < -0.39 is 0 Å². The number of likely N-dealkylation sites (N-methyl/N-ethyl adjacent to an activating group) is 1. The number of rotatable bonds is 9. The molecule has 2 aromatic carbocycles. The van der Waals surface area contributed by atoms with E-state index in [4.69, 9.17) is 9.47 Å². The number of amides is 2. The van der Waals surface area contributed by atoms with Crippen molar-refractivity contribution in [1.29, 1.82) is 0 Å². The smallest absolute Gasteiger partial charge is 0.243 e. The normalized spacial score (nSPS) is 10.6. The summed E-state index contributed by atoms with van der Waals surface area (Å²) in [7, 11) is 3.16. The molecule has 1 aromatic heterocycles. The molecule has 0 aliphatic carbocycles. The summed E-state index contributed by atoms with van der Waals surface area (Å²) in [5.74, 6) is 1.13. The van der Waals surface area contributed by atoms with Crippen LogP contribution in [0.15, 0.2) is 47.6 Å². The van der Waals surface area contributed by atoms with Gasteiger partial charge in [-0.15, -0.1) is 0 Å². The highest BCUT2D eigenvalue weighted by atomic mass is 32.2. The molecule has 2 amide bonds. The predicted molar refractivity (Wildman–Crippen MR) is 117 cm³/mol. The second-order valence-corrected chi connectivity index (χ2v) is 7.44. The molecule has 0 aliphatic heterocycles. The van der Waals surface area contributed by atoms with Gasteiger partial charge in [-0.05, 0) is 31.2 Å². The fraction of sp³-hybridized carbons (Fsp3) is 0.286. The van der Waals surface area contributed by atoms with Crippen LogP contribution in [0, 0.1) is 0 Å². The van der Waals surface area contributed by atoms with E-state index in [1.54, 1.807) is 38.4 Å². The minimum atomic E-state index is -0.281. The number of H-pyrrole nitrogens is 1. The zero-order chi connectivity index (χ0) is 21.5. The third kappa shape index (κ3) is 5.66. The van der Waals surface area contributed by atoms with Gasteiger partial charge in [0.05, 0.1) is 37.0 Å². The third-order valence-corrected chi connectivity index (χ3v) is 5.09. The Kier molecular flexibility index (Phi) is 7.18. The minimum Gasteiger partial charge on any atom is -0.497 e. The van der Waals surface area contributed by atoms with Crippen LogP contribution in [0.3, 0.4) is 0 Å². The van der Waals surface area contributed by atoms with Gasteiger partial charge in [0.2, 0.25) is 11.8 Å². The number of hydrogen-bond donors (Lipinski definition) is 2. The summed E-state index contributed by atoms with van der Waals surface area (Å²) < 4.78 is 10.6. The number of aromatic amines is 1. The summed E-state index contributed by atoms with van der Waals surface area (Å²) >= 11 is 1.29. The molecule has 0 aliphatic rings. The molecule has 0 saturated carbocycles. The molecule has 0 unspecified atom stereocenters. The van der Waals surface area contributed by atoms with Crippen LogP contribution in [0.5, 0.6) is 11.5 Å². The molecule has 9 heteroatoms. The molecule has 8 nitrogen and oxygen atoms in total. The summed E-state index contributed by atoms with van der Waals surface area (Å²) in [6.45, 7) is 2.47. The molecule has 3 rings (SSSR count). The Bertz CT molecular complexity index is 1040. The van der Waals surface area contributed by atoms with Crippen molar-refractivity contribution < 1.29 is 19.1 Å². The van der Waals surface area contributed by atoms with Gasteiger partial charge in [0.25, 0.3) is 0 Å². The number of nitrogens with one attached hydrogen (secondary N) is 2. The lowest BCUT2D eigenvalue weighted by Crippen LogP contribution is -2.35. The Labute approximate surface area is 179 Å². The number of aromatic nitrogens is 2. The number of methoxy groups -OCH3 is 1. The maximum atomic E-state index is 12.4. The molecule has 2 N–H and O–H groups in total. The van der Waals surface area contributed by atoms with Gasteiger partial charge in [0, 0.05) is 24.9 Å².